The average molecular weight is 276 g/mol. The summed E-state index contributed by atoms with van der Waals surface area (Å²) in [4.78, 5) is 11.2. The summed E-state index contributed by atoms with van der Waals surface area (Å²) in [5.74, 6) is -0.747. The van der Waals surface area contributed by atoms with Crippen molar-refractivity contribution < 1.29 is 17.9 Å². The third-order valence-corrected chi connectivity index (χ3v) is 4.64. The van der Waals surface area contributed by atoms with Gasteiger partial charge in [0.1, 0.15) is 0 Å². The number of rotatable bonds is 6. The number of carbonyl (C=O) groups is 1. The molecule has 0 bridgehead atoms. The lowest BCUT2D eigenvalue weighted by molar-refractivity contribution is -0.139. The van der Waals surface area contributed by atoms with Crippen LogP contribution >= 0.6 is 0 Å². The molecule has 0 fully saturated rings. The van der Waals surface area contributed by atoms with Gasteiger partial charge in [-0.25, -0.2) is 13.1 Å². The SMILES string of the molecule is COC(=O)C(C)S(=O)(=O)NCCC1=CCNCC1. The molecule has 0 aromatic carbocycles. The fraction of sp³-hybridized carbons (Fsp3) is 0.727. The molecule has 1 rings (SSSR count). The normalized spacial score (nSPS) is 18.0. The van der Waals surface area contributed by atoms with Crippen molar-refractivity contribution in [1.82, 2.24) is 10.0 Å². The van der Waals surface area contributed by atoms with Gasteiger partial charge in [-0.05, 0) is 26.3 Å². The highest BCUT2D eigenvalue weighted by Crippen LogP contribution is 2.09. The molecular formula is C11H20N2O4S. The van der Waals surface area contributed by atoms with Crippen LogP contribution in [0.4, 0.5) is 0 Å². The van der Waals surface area contributed by atoms with Crippen molar-refractivity contribution in [3.05, 3.63) is 11.6 Å². The molecule has 1 aliphatic heterocycles. The minimum atomic E-state index is -3.64. The Bertz CT molecular complexity index is 417. The van der Waals surface area contributed by atoms with Crippen molar-refractivity contribution in [1.29, 1.82) is 0 Å². The van der Waals surface area contributed by atoms with E-state index in [1.165, 1.54) is 19.6 Å². The van der Waals surface area contributed by atoms with Crippen LogP contribution in [0, 0.1) is 0 Å². The number of ether oxygens (including phenoxy) is 1. The van der Waals surface area contributed by atoms with Gasteiger partial charge in [0.2, 0.25) is 10.0 Å². The lowest BCUT2D eigenvalue weighted by Gasteiger charge is -2.15. The third kappa shape index (κ3) is 4.40. The van der Waals surface area contributed by atoms with E-state index in [1.54, 1.807) is 0 Å². The third-order valence-electron chi connectivity index (χ3n) is 2.91. The fourth-order valence-electron chi connectivity index (χ4n) is 1.67. The first kappa shape index (κ1) is 15.1. The van der Waals surface area contributed by atoms with Gasteiger partial charge >= 0.3 is 5.97 Å². The topological polar surface area (TPSA) is 84.5 Å². The molecule has 1 atom stereocenters. The van der Waals surface area contributed by atoms with Gasteiger partial charge in [0.15, 0.2) is 5.25 Å². The van der Waals surface area contributed by atoms with E-state index in [0.717, 1.165) is 19.5 Å². The minimum Gasteiger partial charge on any atom is -0.468 e. The number of hydrogen-bond donors (Lipinski definition) is 2. The molecule has 0 amide bonds. The van der Waals surface area contributed by atoms with Gasteiger partial charge in [-0.3, -0.25) is 4.79 Å². The molecular weight excluding hydrogens is 256 g/mol. The van der Waals surface area contributed by atoms with Crippen LogP contribution in [-0.2, 0) is 19.6 Å². The van der Waals surface area contributed by atoms with Crippen LogP contribution < -0.4 is 10.0 Å². The number of esters is 1. The van der Waals surface area contributed by atoms with Crippen LogP contribution in [0.25, 0.3) is 0 Å². The lowest BCUT2D eigenvalue weighted by Crippen LogP contribution is -2.38. The van der Waals surface area contributed by atoms with Crippen LogP contribution in [0.2, 0.25) is 0 Å². The zero-order chi connectivity index (χ0) is 13.6. The van der Waals surface area contributed by atoms with E-state index < -0.39 is 21.2 Å². The zero-order valence-electron chi connectivity index (χ0n) is 10.7. The van der Waals surface area contributed by atoms with E-state index in [-0.39, 0.29) is 0 Å². The molecule has 0 aliphatic carbocycles. The Kier molecular flexibility index (Phi) is 5.77. The summed E-state index contributed by atoms with van der Waals surface area (Å²) in [6.07, 6.45) is 3.69. The lowest BCUT2D eigenvalue weighted by atomic mass is 10.1. The van der Waals surface area contributed by atoms with Gasteiger partial charge < -0.3 is 10.1 Å². The molecule has 0 aromatic heterocycles. The molecule has 0 radical (unpaired) electrons. The number of carbonyl (C=O) groups excluding carboxylic acids is 1. The molecule has 1 heterocycles. The Morgan fingerprint density at radius 2 is 2.33 bits per heavy atom. The first-order chi connectivity index (χ1) is 8.47. The summed E-state index contributed by atoms with van der Waals surface area (Å²) < 4.78 is 30.3. The van der Waals surface area contributed by atoms with Gasteiger partial charge in [0.05, 0.1) is 7.11 Å². The smallest absolute Gasteiger partial charge is 0.325 e. The van der Waals surface area contributed by atoms with E-state index in [9.17, 15) is 13.2 Å². The summed E-state index contributed by atoms with van der Waals surface area (Å²) in [7, 11) is -2.47. The van der Waals surface area contributed by atoms with Crippen molar-refractivity contribution >= 4 is 16.0 Å². The molecule has 0 saturated carbocycles. The molecule has 0 spiro atoms. The van der Waals surface area contributed by atoms with Gasteiger partial charge in [0, 0.05) is 13.1 Å². The second-order valence-corrected chi connectivity index (χ2v) is 6.26. The maximum Gasteiger partial charge on any atom is 0.325 e. The van der Waals surface area contributed by atoms with Crippen LogP contribution in [0.1, 0.15) is 19.8 Å². The molecule has 7 heteroatoms. The van der Waals surface area contributed by atoms with Gasteiger partial charge in [0.25, 0.3) is 0 Å². The molecule has 104 valence electrons. The Hall–Kier alpha value is -0.920. The summed E-state index contributed by atoms with van der Waals surface area (Å²) >= 11 is 0. The zero-order valence-corrected chi connectivity index (χ0v) is 11.5. The second-order valence-electron chi connectivity index (χ2n) is 4.17. The number of nitrogens with one attached hydrogen (secondary N) is 2. The van der Waals surface area contributed by atoms with Crippen molar-refractivity contribution in [2.45, 2.75) is 25.0 Å². The highest BCUT2D eigenvalue weighted by atomic mass is 32.2. The van der Waals surface area contributed by atoms with Gasteiger partial charge in [-0.2, -0.15) is 0 Å². The molecule has 2 N–H and O–H groups in total. The van der Waals surface area contributed by atoms with Crippen molar-refractivity contribution in [2.24, 2.45) is 0 Å². The predicted molar refractivity (Wildman–Crippen MR) is 68.6 cm³/mol. The van der Waals surface area contributed by atoms with E-state index in [1.807, 2.05) is 0 Å². The van der Waals surface area contributed by atoms with E-state index >= 15 is 0 Å². The van der Waals surface area contributed by atoms with E-state index in [2.05, 4.69) is 20.9 Å². The Morgan fingerprint density at radius 3 is 2.89 bits per heavy atom. The fourth-order valence-corrected chi connectivity index (χ4v) is 2.65. The largest absolute Gasteiger partial charge is 0.468 e. The quantitative estimate of drug-likeness (QED) is 0.517. The Morgan fingerprint density at radius 1 is 1.61 bits per heavy atom. The first-order valence-corrected chi connectivity index (χ1v) is 7.47. The highest BCUT2D eigenvalue weighted by molar-refractivity contribution is 7.90. The Labute approximate surface area is 108 Å². The number of sulfonamides is 1. The monoisotopic (exact) mass is 276 g/mol. The maximum absolute atomic E-state index is 11.7. The van der Waals surface area contributed by atoms with Crippen molar-refractivity contribution in [3.63, 3.8) is 0 Å². The van der Waals surface area contributed by atoms with Crippen molar-refractivity contribution in [3.8, 4) is 0 Å². The highest BCUT2D eigenvalue weighted by Gasteiger charge is 2.28. The molecule has 18 heavy (non-hydrogen) atoms. The molecule has 0 saturated heterocycles. The van der Waals surface area contributed by atoms with E-state index in [4.69, 9.17) is 0 Å². The minimum absolute atomic E-state index is 0.315. The average Bonchev–Trinajstić information content (AvgIpc) is 2.38. The molecule has 0 aromatic rings. The number of hydrogen-bond acceptors (Lipinski definition) is 5. The number of methoxy groups -OCH3 is 1. The van der Waals surface area contributed by atoms with Crippen LogP contribution in [0.5, 0.6) is 0 Å². The molecule has 1 aliphatic rings. The summed E-state index contributed by atoms with van der Waals surface area (Å²) in [5, 5.41) is 2.01. The Balaban J connectivity index is 2.42. The van der Waals surface area contributed by atoms with Gasteiger partial charge in [-0.1, -0.05) is 11.6 Å². The predicted octanol–water partition coefficient (Wildman–Crippen LogP) is -0.223. The van der Waals surface area contributed by atoms with Crippen LogP contribution in [-0.4, -0.2) is 46.4 Å². The van der Waals surface area contributed by atoms with Gasteiger partial charge in [-0.15, -0.1) is 0 Å². The van der Waals surface area contributed by atoms with Crippen molar-refractivity contribution in [2.75, 3.05) is 26.7 Å². The van der Waals surface area contributed by atoms with Crippen LogP contribution in [0.15, 0.2) is 11.6 Å². The van der Waals surface area contributed by atoms with Crippen LogP contribution in [0.3, 0.4) is 0 Å². The second kappa shape index (κ2) is 6.86. The summed E-state index contributed by atoms with van der Waals surface area (Å²) in [6, 6.07) is 0. The maximum atomic E-state index is 11.7. The standard InChI is InChI=1S/C11H20N2O4S/c1-9(11(14)17-2)18(15,16)13-8-5-10-3-6-12-7-4-10/h3,9,12-13H,4-8H2,1-2H3. The van der Waals surface area contributed by atoms with E-state index in [0.29, 0.717) is 13.0 Å². The summed E-state index contributed by atoms with van der Waals surface area (Å²) in [6.45, 7) is 3.39. The first-order valence-electron chi connectivity index (χ1n) is 5.92. The summed E-state index contributed by atoms with van der Waals surface area (Å²) in [5.41, 5.74) is 1.24. The molecule has 6 nitrogen and oxygen atoms in total. The molecule has 1 unspecified atom stereocenters.